The van der Waals surface area contributed by atoms with E-state index in [1.807, 2.05) is 0 Å². The largest absolute Gasteiger partial charge is 0.361 e. The number of anilines is 1. The molecule has 0 saturated heterocycles. The zero-order valence-corrected chi connectivity index (χ0v) is 13.6. The van der Waals surface area contributed by atoms with Crippen LogP contribution in [0.15, 0.2) is 6.20 Å². The number of nitrogens with zero attached hydrogens (tertiary/aromatic N) is 2. The van der Waals surface area contributed by atoms with Crippen molar-refractivity contribution in [1.29, 1.82) is 5.41 Å². The fourth-order valence-electron chi connectivity index (χ4n) is 1.24. The van der Waals surface area contributed by atoms with Crippen LogP contribution < -0.4 is 5.32 Å². The first-order chi connectivity index (χ1) is 8.67. The summed E-state index contributed by atoms with van der Waals surface area (Å²) in [6.07, 6.45) is 12.0. The maximum Gasteiger partial charge on any atom is 0.224 e. The summed E-state index contributed by atoms with van der Waals surface area (Å²) in [6, 6.07) is 0. The van der Waals surface area contributed by atoms with E-state index in [1.165, 1.54) is 12.4 Å². The Labute approximate surface area is 119 Å². The lowest BCUT2D eigenvalue weighted by Crippen LogP contribution is -2.21. The normalized spacial score (nSPS) is 13.6. The van der Waals surface area contributed by atoms with Crippen molar-refractivity contribution in [2.24, 2.45) is 0 Å². The van der Waals surface area contributed by atoms with Crippen LogP contribution in [0.2, 0.25) is 5.28 Å². The first-order valence-corrected chi connectivity index (χ1v) is 10.6. The van der Waals surface area contributed by atoms with Crippen LogP contribution in [0.5, 0.6) is 0 Å². The number of hydrogen-bond donors (Lipinski definition) is 3. The zero-order valence-electron chi connectivity index (χ0n) is 11.9. The van der Waals surface area contributed by atoms with Gasteiger partial charge in [-0.3, -0.25) is 9.16 Å². The topological polar surface area (TPSA) is 70.9 Å². The molecule has 0 amide bonds. The lowest BCUT2D eigenvalue weighted by molar-refractivity contribution is 0.168. The highest BCUT2D eigenvalue weighted by Gasteiger charge is 2.17. The van der Waals surface area contributed by atoms with Gasteiger partial charge in [-0.25, -0.2) is 9.97 Å². The molecular weight excluding hydrogens is 284 g/mol. The first-order valence-electron chi connectivity index (χ1n) is 6.02. The van der Waals surface area contributed by atoms with Gasteiger partial charge in [0.05, 0.1) is 12.2 Å². The lowest BCUT2D eigenvalue weighted by Gasteiger charge is -2.46. The van der Waals surface area contributed by atoms with Crippen LogP contribution in [0, 0.1) is 5.41 Å². The Kier molecular flexibility index (Phi) is 5.18. The Morgan fingerprint density at radius 1 is 1.42 bits per heavy atom. The van der Waals surface area contributed by atoms with E-state index in [2.05, 4.69) is 40.3 Å². The van der Waals surface area contributed by atoms with E-state index in [4.69, 9.17) is 21.7 Å². The quantitative estimate of drug-likeness (QED) is 0.237. The van der Waals surface area contributed by atoms with E-state index >= 15 is 0 Å². The molecule has 110 valence electrons. The number of rotatable bonds is 7. The van der Waals surface area contributed by atoms with Crippen LogP contribution in [0.25, 0.3) is 0 Å². The van der Waals surface area contributed by atoms with Crippen molar-refractivity contribution in [3.05, 3.63) is 17.0 Å². The molecule has 19 heavy (non-hydrogen) atoms. The molecule has 0 radical (unpaired) electrons. The van der Waals surface area contributed by atoms with Gasteiger partial charge >= 0.3 is 0 Å². The van der Waals surface area contributed by atoms with E-state index in [-0.39, 0.29) is 5.28 Å². The molecule has 5 nitrogen and oxygen atoms in total. The van der Waals surface area contributed by atoms with Gasteiger partial charge in [0.2, 0.25) is 5.28 Å². The highest BCUT2D eigenvalue weighted by atomic mass is 35.5. The molecule has 2 N–H and O–H groups in total. The molecule has 0 atom stereocenters. The van der Waals surface area contributed by atoms with Gasteiger partial charge in [0, 0.05) is 12.4 Å². The summed E-state index contributed by atoms with van der Waals surface area (Å²) >= 11 is 5.72. The maximum absolute atomic E-state index is 7.26. The van der Waals surface area contributed by atoms with Crippen LogP contribution in [0.4, 0.5) is 5.82 Å². The Hall–Kier alpha value is -0.850. The minimum atomic E-state index is -1.51. The number of ether oxygens (including phenoxy) is 1. The third kappa shape index (κ3) is 6.75. The van der Waals surface area contributed by atoms with Crippen molar-refractivity contribution in [3.8, 4) is 0 Å². The fourth-order valence-corrected chi connectivity index (χ4v) is 2.23. The van der Waals surface area contributed by atoms with Crippen LogP contribution in [-0.2, 0) is 4.74 Å². The van der Waals surface area contributed by atoms with Gasteiger partial charge in [0.15, 0.2) is 0 Å². The van der Waals surface area contributed by atoms with E-state index in [1.54, 1.807) is 0 Å². The summed E-state index contributed by atoms with van der Waals surface area (Å²) in [5.74, 6) is 1.60. The van der Waals surface area contributed by atoms with E-state index in [9.17, 15) is 0 Å². The van der Waals surface area contributed by atoms with Gasteiger partial charge in [0.25, 0.3) is 0 Å². The Morgan fingerprint density at radius 2 is 2.11 bits per heavy atom. The van der Waals surface area contributed by atoms with Crippen molar-refractivity contribution in [2.45, 2.75) is 0 Å². The minimum absolute atomic E-state index is 0.155. The number of aromatic nitrogens is 2. The monoisotopic (exact) mass is 306 g/mol. The van der Waals surface area contributed by atoms with Gasteiger partial charge in [-0.1, -0.05) is 0 Å². The maximum atomic E-state index is 7.26. The third-order valence-electron chi connectivity index (χ3n) is 2.41. The summed E-state index contributed by atoms with van der Waals surface area (Å²) in [5.41, 5.74) is 0.588. The molecule has 0 aliphatic carbocycles. The Balaban J connectivity index is 2.42. The SMILES string of the molecule is C[SH](C)(C)(C)CCOCNc1nc(Cl)ncc1C=N. The molecule has 0 unspecified atom stereocenters. The van der Waals surface area contributed by atoms with Gasteiger partial charge in [0.1, 0.15) is 12.5 Å². The van der Waals surface area contributed by atoms with Gasteiger partial charge in [-0.2, -0.15) is 0 Å². The van der Waals surface area contributed by atoms with Gasteiger partial charge < -0.3 is 15.5 Å². The van der Waals surface area contributed by atoms with Crippen molar-refractivity contribution < 1.29 is 4.74 Å². The molecule has 0 fully saturated rings. The molecule has 0 spiro atoms. The summed E-state index contributed by atoms with van der Waals surface area (Å²) < 4.78 is 5.56. The van der Waals surface area contributed by atoms with Crippen LogP contribution in [-0.4, -0.2) is 60.3 Å². The number of halogens is 1. The standard InChI is InChI=1S/C12H23ClN4OS/c1-19(2,3,4)6-5-18-9-16-11-10(7-14)8-15-12(13)17-11/h7-8,14,19H,5-6,9H2,1-4H3,(H,15,16,17). The first kappa shape index (κ1) is 16.2. The number of hydrogen-bond acceptors (Lipinski definition) is 5. The van der Waals surface area contributed by atoms with E-state index < -0.39 is 9.16 Å². The lowest BCUT2D eigenvalue weighted by atomic mass is 10.3. The fraction of sp³-hybridized carbons (Fsp3) is 0.583. The molecule has 0 bridgehead atoms. The number of thiol groups is 1. The Morgan fingerprint density at radius 3 is 2.68 bits per heavy atom. The average molecular weight is 307 g/mol. The summed E-state index contributed by atoms with van der Waals surface area (Å²) in [6.45, 7) is 1.06. The molecule has 0 saturated carbocycles. The molecule has 0 aliphatic rings. The van der Waals surface area contributed by atoms with Crippen molar-refractivity contribution in [2.75, 3.05) is 49.4 Å². The highest BCUT2D eigenvalue weighted by Crippen LogP contribution is 2.54. The van der Waals surface area contributed by atoms with Gasteiger partial charge in [-0.15, -0.1) is 0 Å². The molecule has 1 heterocycles. The highest BCUT2D eigenvalue weighted by molar-refractivity contribution is 8.47. The van der Waals surface area contributed by atoms with Crippen LogP contribution >= 0.6 is 20.8 Å². The third-order valence-corrected chi connectivity index (χ3v) is 4.57. The number of nitrogens with one attached hydrogen (secondary N) is 2. The molecule has 1 aromatic heterocycles. The van der Waals surface area contributed by atoms with Crippen LogP contribution in [0.3, 0.4) is 0 Å². The molecule has 1 rings (SSSR count). The summed E-state index contributed by atoms with van der Waals surface area (Å²) in [7, 11) is -1.51. The second kappa shape index (κ2) is 6.07. The molecule has 0 aliphatic heterocycles. The smallest absolute Gasteiger partial charge is 0.224 e. The summed E-state index contributed by atoms with van der Waals surface area (Å²) in [4.78, 5) is 7.85. The average Bonchev–Trinajstić information content (AvgIpc) is 2.26. The predicted octanol–water partition coefficient (Wildman–Crippen LogP) is 2.11. The predicted molar refractivity (Wildman–Crippen MR) is 86.9 cm³/mol. The molecule has 1 aromatic rings. The molecule has 0 aromatic carbocycles. The van der Waals surface area contributed by atoms with Crippen molar-refractivity contribution in [1.82, 2.24) is 9.97 Å². The second-order valence-electron chi connectivity index (χ2n) is 6.49. The van der Waals surface area contributed by atoms with E-state index in [0.29, 0.717) is 24.7 Å². The van der Waals surface area contributed by atoms with Gasteiger partial charge in [-0.05, 0) is 42.4 Å². The zero-order chi connectivity index (χ0) is 14.5. The molecule has 7 heteroatoms. The van der Waals surface area contributed by atoms with Crippen molar-refractivity contribution in [3.63, 3.8) is 0 Å². The summed E-state index contributed by atoms with van der Waals surface area (Å²) in [5, 5.41) is 10.4. The van der Waals surface area contributed by atoms with Crippen LogP contribution in [0.1, 0.15) is 5.56 Å². The Bertz CT molecular complexity index is 450. The minimum Gasteiger partial charge on any atom is -0.361 e. The van der Waals surface area contributed by atoms with Crippen molar-refractivity contribution >= 4 is 32.8 Å². The van der Waals surface area contributed by atoms with E-state index in [0.717, 1.165) is 5.75 Å². The second-order valence-corrected chi connectivity index (χ2v) is 15.2. The molecular formula is C12H23ClN4OS.